The molecule has 2 fully saturated rings. The Morgan fingerprint density at radius 1 is 1.06 bits per heavy atom. The molecule has 1 saturated carbocycles. The van der Waals surface area contributed by atoms with Gasteiger partial charge in [-0.1, -0.05) is 30.3 Å². The molecule has 0 unspecified atom stereocenters. The van der Waals surface area contributed by atoms with Gasteiger partial charge < -0.3 is 9.47 Å². The van der Waals surface area contributed by atoms with E-state index < -0.39 is 0 Å². The standard InChI is InChI=1S/C15H21NO2/c1-17-15(18-2)9-14(10-15)11-16(12-14)8-13-6-4-3-5-7-13/h3-7H,8-12H2,1-2H3. The number of methoxy groups -OCH3 is 2. The lowest BCUT2D eigenvalue weighted by Crippen LogP contribution is -2.68. The summed E-state index contributed by atoms with van der Waals surface area (Å²) in [5.41, 5.74) is 1.86. The SMILES string of the molecule is COC1(OC)CC2(CN(Cc3ccccc3)C2)C1. The van der Waals surface area contributed by atoms with Crippen LogP contribution >= 0.6 is 0 Å². The number of hydrogen-bond acceptors (Lipinski definition) is 3. The van der Waals surface area contributed by atoms with Crippen LogP contribution in [0.5, 0.6) is 0 Å². The molecular weight excluding hydrogens is 226 g/mol. The molecule has 0 N–H and O–H groups in total. The summed E-state index contributed by atoms with van der Waals surface area (Å²) in [5, 5.41) is 0. The van der Waals surface area contributed by atoms with Crippen LogP contribution in [0.3, 0.4) is 0 Å². The van der Waals surface area contributed by atoms with Crippen LogP contribution in [0.15, 0.2) is 30.3 Å². The summed E-state index contributed by atoms with van der Waals surface area (Å²) in [4.78, 5) is 2.50. The van der Waals surface area contributed by atoms with Crippen molar-refractivity contribution >= 4 is 0 Å². The van der Waals surface area contributed by atoms with E-state index in [0.717, 1.165) is 19.4 Å². The first-order valence-corrected chi connectivity index (χ1v) is 6.56. The maximum atomic E-state index is 5.47. The van der Waals surface area contributed by atoms with E-state index in [4.69, 9.17) is 9.47 Å². The second-order valence-electron chi connectivity index (χ2n) is 5.80. The minimum absolute atomic E-state index is 0.293. The lowest BCUT2D eigenvalue weighted by atomic mass is 9.59. The van der Waals surface area contributed by atoms with E-state index in [9.17, 15) is 0 Å². The lowest BCUT2D eigenvalue weighted by molar-refractivity contribution is -0.320. The van der Waals surface area contributed by atoms with Gasteiger partial charge in [-0.2, -0.15) is 0 Å². The van der Waals surface area contributed by atoms with Gasteiger partial charge in [-0.15, -0.1) is 0 Å². The Hall–Kier alpha value is -0.900. The van der Waals surface area contributed by atoms with Crippen LogP contribution in [0.25, 0.3) is 0 Å². The molecule has 3 heteroatoms. The summed E-state index contributed by atoms with van der Waals surface area (Å²) in [5.74, 6) is -0.293. The van der Waals surface area contributed by atoms with E-state index in [1.807, 2.05) is 0 Å². The van der Waals surface area contributed by atoms with Crippen LogP contribution in [0.1, 0.15) is 18.4 Å². The molecule has 0 bridgehead atoms. The van der Waals surface area contributed by atoms with Gasteiger partial charge in [0, 0.05) is 52.1 Å². The average molecular weight is 247 g/mol. The van der Waals surface area contributed by atoms with Gasteiger partial charge in [0.2, 0.25) is 0 Å². The van der Waals surface area contributed by atoms with Crippen LogP contribution in [-0.2, 0) is 16.0 Å². The van der Waals surface area contributed by atoms with E-state index in [-0.39, 0.29) is 5.79 Å². The van der Waals surface area contributed by atoms with E-state index in [1.165, 1.54) is 18.7 Å². The zero-order chi connectivity index (χ0) is 12.6. The van der Waals surface area contributed by atoms with Crippen molar-refractivity contribution in [1.82, 2.24) is 4.90 Å². The molecule has 1 aliphatic carbocycles. The van der Waals surface area contributed by atoms with Gasteiger partial charge in [0.1, 0.15) is 0 Å². The quantitative estimate of drug-likeness (QED) is 0.762. The number of likely N-dealkylation sites (tertiary alicyclic amines) is 1. The fourth-order valence-corrected chi connectivity index (χ4v) is 3.54. The smallest absolute Gasteiger partial charge is 0.168 e. The third-order valence-electron chi connectivity index (χ3n) is 4.40. The highest BCUT2D eigenvalue weighted by Gasteiger charge is 2.60. The largest absolute Gasteiger partial charge is 0.353 e. The molecule has 3 nitrogen and oxygen atoms in total. The topological polar surface area (TPSA) is 21.7 Å². The van der Waals surface area contributed by atoms with Crippen molar-refractivity contribution < 1.29 is 9.47 Å². The van der Waals surface area contributed by atoms with Crippen LogP contribution in [0.2, 0.25) is 0 Å². The van der Waals surface area contributed by atoms with Crippen molar-refractivity contribution in [3.63, 3.8) is 0 Å². The fourth-order valence-electron chi connectivity index (χ4n) is 3.54. The summed E-state index contributed by atoms with van der Waals surface area (Å²) in [7, 11) is 3.49. The molecular formula is C15H21NO2. The van der Waals surface area contributed by atoms with Gasteiger partial charge in [0.15, 0.2) is 5.79 Å². The average Bonchev–Trinajstić information content (AvgIpc) is 2.32. The zero-order valence-electron chi connectivity index (χ0n) is 11.2. The van der Waals surface area contributed by atoms with Crippen molar-refractivity contribution in [3.8, 4) is 0 Å². The van der Waals surface area contributed by atoms with E-state index >= 15 is 0 Å². The molecule has 0 amide bonds. The first-order valence-electron chi connectivity index (χ1n) is 6.56. The Labute approximate surface area is 109 Å². The molecule has 3 rings (SSSR count). The summed E-state index contributed by atoms with van der Waals surface area (Å²) in [6.07, 6.45) is 2.08. The number of rotatable bonds is 4. The van der Waals surface area contributed by atoms with Crippen molar-refractivity contribution in [2.24, 2.45) is 5.41 Å². The molecule has 1 spiro atoms. The number of hydrogen-bond donors (Lipinski definition) is 0. The second kappa shape index (κ2) is 4.34. The predicted octanol–water partition coefficient (Wildman–Crippen LogP) is 2.27. The zero-order valence-corrected chi connectivity index (χ0v) is 11.2. The third-order valence-corrected chi connectivity index (χ3v) is 4.40. The Morgan fingerprint density at radius 2 is 1.67 bits per heavy atom. The highest BCUT2D eigenvalue weighted by molar-refractivity contribution is 5.16. The Balaban J connectivity index is 1.50. The van der Waals surface area contributed by atoms with Crippen LogP contribution in [0, 0.1) is 5.41 Å². The van der Waals surface area contributed by atoms with Gasteiger partial charge in [0.05, 0.1) is 0 Å². The summed E-state index contributed by atoms with van der Waals surface area (Å²) >= 11 is 0. The van der Waals surface area contributed by atoms with Crippen molar-refractivity contribution in [1.29, 1.82) is 0 Å². The van der Waals surface area contributed by atoms with Gasteiger partial charge in [0.25, 0.3) is 0 Å². The molecule has 1 heterocycles. The molecule has 98 valence electrons. The van der Waals surface area contributed by atoms with Gasteiger partial charge in [-0.25, -0.2) is 0 Å². The number of benzene rings is 1. The number of ether oxygens (including phenoxy) is 2. The van der Waals surface area contributed by atoms with Crippen LogP contribution < -0.4 is 0 Å². The maximum absolute atomic E-state index is 5.47. The highest BCUT2D eigenvalue weighted by atomic mass is 16.7. The highest BCUT2D eigenvalue weighted by Crippen LogP contribution is 2.56. The van der Waals surface area contributed by atoms with Gasteiger partial charge in [-0.3, -0.25) is 4.90 Å². The number of nitrogens with zero attached hydrogens (tertiary/aromatic N) is 1. The van der Waals surface area contributed by atoms with Gasteiger partial charge >= 0.3 is 0 Å². The van der Waals surface area contributed by atoms with Crippen LogP contribution in [0.4, 0.5) is 0 Å². The third kappa shape index (κ3) is 1.96. The Morgan fingerprint density at radius 3 is 2.22 bits per heavy atom. The molecule has 1 aliphatic heterocycles. The Bertz CT molecular complexity index is 398. The molecule has 18 heavy (non-hydrogen) atoms. The molecule has 0 aromatic heterocycles. The molecule has 1 aromatic carbocycles. The fraction of sp³-hybridized carbons (Fsp3) is 0.600. The molecule has 0 radical (unpaired) electrons. The normalized spacial score (nSPS) is 24.6. The van der Waals surface area contributed by atoms with E-state index in [2.05, 4.69) is 35.2 Å². The van der Waals surface area contributed by atoms with E-state index in [1.54, 1.807) is 14.2 Å². The summed E-state index contributed by atoms with van der Waals surface area (Å²) < 4.78 is 10.9. The first kappa shape index (κ1) is 12.2. The Kier molecular flexibility index (Phi) is 2.93. The van der Waals surface area contributed by atoms with E-state index in [0.29, 0.717) is 5.41 Å². The minimum Gasteiger partial charge on any atom is -0.353 e. The van der Waals surface area contributed by atoms with Crippen LogP contribution in [-0.4, -0.2) is 38.0 Å². The van der Waals surface area contributed by atoms with Crippen molar-refractivity contribution in [2.45, 2.75) is 25.2 Å². The summed E-state index contributed by atoms with van der Waals surface area (Å²) in [6, 6.07) is 10.7. The van der Waals surface area contributed by atoms with Crippen molar-refractivity contribution in [3.05, 3.63) is 35.9 Å². The molecule has 0 atom stereocenters. The second-order valence-corrected chi connectivity index (χ2v) is 5.80. The minimum atomic E-state index is -0.293. The summed E-state index contributed by atoms with van der Waals surface area (Å²) in [6.45, 7) is 3.42. The molecule has 2 aliphatic rings. The monoisotopic (exact) mass is 247 g/mol. The maximum Gasteiger partial charge on any atom is 0.168 e. The lowest BCUT2D eigenvalue weighted by Gasteiger charge is -2.62. The first-order chi connectivity index (χ1) is 8.69. The predicted molar refractivity (Wildman–Crippen MR) is 70.1 cm³/mol. The van der Waals surface area contributed by atoms with Crippen molar-refractivity contribution in [2.75, 3.05) is 27.3 Å². The molecule has 1 saturated heterocycles. The molecule has 1 aromatic rings. The van der Waals surface area contributed by atoms with Gasteiger partial charge in [-0.05, 0) is 5.56 Å².